The zero-order valence-corrected chi connectivity index (χ0v) is 19.0. The molecule has 5 heteroatoms. The van der Waals surface area contributed by atoms with Crippen LogP contribution in [0.15, 0.2) is 42.5 Å². The van der Waals surface area contributed by atoms with E-state index in [-0.39, 0.29) is 12.2 Å². The number of benzene rings is 2. The highest BCUT2D eigenvalue weighted by Gasteiger charge is 2.53. The summed E-state index contributed by atoms with van der Waals surface area (Å²) in [6.07, 6.45) is 11.1. The van der Waals surface area contributed by atoms with E-state index >= 15 is 0 Å². The smallest absolute Gasteiger partial charge is 0.231 e. The van der Waals surface area contributed by atoms with Crippen molar-refractivity contribution in [2.45, 2.75) is 45.1 Å². The molecule has 0 radical (unpaired) electrons. The number of hydrogen-bond acceptors (Lipinski definition) is 5. The van der Waals surface area contributed by atoms with Crippen molar-refractivity contribution < 1.29 is 23.7 Å². The van der Waals surface area contributed by atoms with Crippen LogP contribution in [0, 0.1) is 23.2 Å². The minimum Gasteiger partial charge on any atom is -0.496 e. The molecule has 1 heterocycles. The van der Waals surface area contributed by atoms with E-state index in [0.717, 1.165) is 59.6 Å². The first-order valence-corrected chi connectivity index (χ1v) is 12.0. The van der Waals surface area contributed by atoms with Crippen LogP contribution in [0.5, 0.6) is 23.0 Å². The second-order valence-electron chi connectivity index (χ2n) is 10.3. The summed E-state index contributed by atoms with van der Waals surface area (Å²) in [5.74, 6) is 5.55. The first-order chi connectivity index (χ1) is 16.1. The molecule has 172 valence electrons. The highest BCUT2D eigenvalue weighted by molar-refractivity contribution is 5.98. The van der Waals surface area contributed by atoms with Gasteiger partial charge in [0, 0.05) is 17.0 Å². The average molecular weight is 447 g/mol. The van der Waals surface area contributed by atoms with E-state index in [2.05, 4.69) is 0 Å². The minimum atomic E-state index is -0.0942. The molecule has 4 aliphatic carbocycles. The summed E-state index contributed by atoms with van der Waals surface area (Å²) in [5.41, 5.74) is 1.82. The van der Waals surface area contributed by atoms with Gasteiger partial charge in [0.1, 0.15) is 18.1 Å². The van der Waals surface area contributed by atoms with Crippen LogP contribution in [-0.4, -0.2) is 19.7 Å². The topological polar surface area (TPSA) is 54.0 Å². The molecular formula is C28H30O5. The largest absolute Gasteiger partial charge is 0.496 e. The fourth-order valence-electron chi connectivity index (χ4n) is 6.90. The molecule has 2 aromatic rings. The van der Waals surface area contributed by atoms with Crippen molar-refractivity contribution in [1.82, 2.24) is 0 Å². The third kappa shape index (κ3) is 3.88. The van der Waals surface area contributed by atoms with E-state index in [1.54, 1.807) is 7.11 Å². The van der Waals surface area contributed by atoms with Crippen LogP contribution >= 0.6 is 0 Å². The summed E-state index contributed by atoms with van der Waals surface area (Å²) in [4.78, 5) is 13.3. The Bertz CT molecular complexity index is 1070. The molecule has 0 N–H and O–H groups in total. The van der Waals surface area contributed by atoms with Crippen LogP contribution in [0.25, 0.3) is 6.08 Å². The number of rotatable bonds is 7. The Kier molecular flexibility index (Phi) is 5.08. The van der Waals surface area contributed by atoms with Gasteiger partial charge in [-0.05, 0) is 92.2 Å². The lowest BCUT2D eigenvalue weighted by molar-refractivity contribution is -0.138. The lowest BCUT2D eigenvalue weighted by atomic mass is 9.48. The van der Waals surface area contributed by atoms with E-state index in [1.807, 2.05) is 48.6 Å². The predicted molar refractivity (Wildman–Crippen MR) is 125 cm³/mol. The van der Waals surface area contributed by atoms with Crippen LogP contribution in [0.2, 0.25) is 0 Å². The maximum atomic E-state index is 13.3. The molecule has 0 unspecified atom stereocenters. The van der Waals surface area contributed by atoms with Gasteiger partial charge in [0.2, 0.25) is 6.79 Å². The van der Waals surface area contributed by atoms with Gasteiger partial charge < -0.3 is 18.9 Å². The second kappa shape index (κ2) is 8.12. The summed E-state index contributed by atoms with van der Waals surface area (Å²) < 4.78 is 22.3. The van der Waals surface area contributed by atoms with E-state index in [9.17, 15) is 4.79 Å². The molecule has 0 atom stereocenters. The van der Waals surface area contributed by atoms with E-state index in [4.69, 9.17) is 18.9 Å². The number of allylic oxidation sites excluding steroid dienone is 1. The van der Waals surface area contributed by atoms with Crippen molar-refractivity contribution in [3.05, 3.63) is 53.6 Å². The van der Waals surface area contributed by atoms with Gasteiger partial charge in [-0.25, -0.2) is 0 Å². The molecule has 0 saturated heterocycles. The summed E-state index contributed by atoms with van der Waals surface area (Å²) in [7, 11) is 1.66. The molecule has 33 heavy (non-hydrogen) atoms. The Hall–Kier alpha value is -2.95. The minimum absolute atomic E-state index is 0.0942. The zero-order valence-electron chi connectivity index (χ0n) is 19.0. The van der Waals surface area contributed by atoms with Crippen molar-refractivity contribution in [2.75, 3.05) is 13.9 Å². The molecule has 0 amide bonds. The van der Waals surface area contributed by atoms with Crippen molar-refractivity contribution in [2.24, 2.45) is 23.2 Å². The lowest BCUT2D eigenvalue weighted by Gasteiger charge is -2.55. The molecule has 4 saturated carbocycles. The molecule has 4 bridgehead atoms. The van der Waals surface area contributed by atoms with E-state index in [0.29, 0.717) is 23.9 Å². The number of fused-ring (bicyclic) bond motifs is 1. The molecule has 0 spiro atoms. The Morgan fingerprint density at radius 3 is 2.45 bits per heavy atom. The molecule has 0 aromatic heterocycles. The van der Waals surface area contributed by atoms with Gasteiger partial charge >= 0.3 is 0 Å². The summed E-state index contributed by atoms with van der Waals surface area (Å²) >= 11 is 0. The molecular weight excluding hydrogens is 416 g/mol. The Labute approximate surface area is 194 Å². The third-order valence-electron chi connectivity index (χ3n) is 8.03. The van der Waals surface area contributed by atoms with Crippen LogP contribution in [0.4, 0.5) is 0 Å². The summed E-state index contributed by atoms with van der Waals surface area (Å²) in [5, 5.41) is 0. The number of carbonyl (C=O) groups is 1. The first kappa shape index (κ1) is 20.6. The quantitative estimate of drug-likeness (QED) is 0.503. The number of hydrogen-bond donors (Lipinski definition) is 0. The molecule has 4 fully saturated rings. The summed E-state index contributed by atoms with van der Waals surface area (Å²) in [6, 6.07) is 11.5. The van der Waals surface area contributed by atoms with Crippen molar-refractivity contribution >= 4 is 11.9 Å². The normalized spacial score (nSPS) is 28.9. The molecule has 5 aliphatic rings. The number of ketones is 1. The van der Waals surface area contributed by atoms with Gasteiger partial charge in [0.25, 0.3) is 0 Å². The maximum Gasteiger partial charge on any atom is 0.231 e. The Morgan fingerprint density at radius 2 is 1.73 bits per heavy atom. The zero-order chi connectivity index (χ0) is 22.4. The monoisotopic (exact) mass is 446 g/mol. The maximum absolute atomic E-state index is 13.3. The first-order valence-electron chi connectivity index (χ1n) is 12.0. The SMILES string of the molecule is COc1ccc(/C=C/C(=O)C23CC4CC(CC(C4)C2)C3)cc1COc1ccc2c(c1)OCO2. The van der Waals surface area contributed by atoms with Crippen LogP contribution < -0.4 is 18.9 Å². The van der Waals surface area contributed by atoms with Crippen molar-refractivity contribution in [3.8, 4) is 23.0 Å². The van der Waals surface area contributed by atoms with Crippen LogP contribution in [0.3, 0.4) is 0 Å². The molecule has 2 aromatic carbocycles. The molecule has 1 aliphatic heterocycles. The average Bonchev–Trinajstić information content (AvgIpc) is 3.28. The third-order valence-corrected chi connectivity index (χ3v) is 8.03. The van der Waals surface area contributed by atoms with Crippen molar-refractivity contribution in [3.63, 3.8) is 0 Å². The van der Waals surface area contributed by atoms with Gasteiger partial charge in [-0.2, -0.15) is 0 Å². The number of ether oxygens (including phenoxy) is 4. The standard InChI is InChI=1S/C28H30O5/c1-30-24-5-2-18(11-22(24)16-31-23-4-6-25-26(12-23)33-17-32-25)3-7-27(29)28-13-19-8-20(14-28)10-21(9-19)15-28/h2-7,11-12,19-21H,8-10,13-17H2,1H3/b7-3+. The molecule has 7 rings (SSSR count). The summed E-state index contributed by atoms with van der Waals surface area (Å²) in [6.45, 7) is 0.594. The Balaban J connectivity index is 1.16. The highest BCUT2D eigenvalue weighted by Crippen LogP contribution is 2.60. The van der Waals surface area contributed by atoms with E-state index in [1.165, 1.54) is 19.3 Å². The van der Waals surface area contributed by atoms with Gasteiger partial charge in [0.15, 0.2) is 17.3 Å². The molecule has 5 nitrogen and oxygen atoms in total. The number of carbonyl (C=O) groups excluding carboxylic acids is 1. The van der Waals surface area contributed by atoms with Gasteiger partial charge in [0.05, 0.1) is 7.11 Å². The fraction of sp³-hybridized carbons (Fsp3) is 0.464. The van der Waals surface area contributed by atoms with Gasteiger partial charge in [-0.15, -0.1) is 0 Å². The van der Waals surface area contributed by atoms with Gasteiger partial charge in [-0.3, -0.25) is 4.79 Å². The Morgan fingerprint density at radius 1 is 1.00 bits per heavy atom. The van der Waals surface area contributed by atoms with Crippen LogP contribution in [0.1, 0.15) is 49.7 Å². The van der Waals surface area contributed by atoms with E-state index < -0.39 is 0 Å². The fourth-order valence-corrected chi connectivity index (χ4v) is 6.90. The second-order valence-corrected chi connectivity index (χ2v) is 10.3. The lowest BCUT2D eigenvalue weighted by Crippen LogP contribution is -2.49. The van der Waals surface area contributed by atoms with Crippen LogP contribution in [-0.2, 0) is 11.4 Å². The predicted octanol–water partition coefficient (Wildman–Crippen LogP) is 5.80. The van der Waals surface area contributed by atoms with Crippen molar-refractivity contribution in [1.29, 1.82) is 0 Å². The highest BCUT2D eigenvalue weighted by atomic mass is 16.7. The van der Waals surface area contributed by atoms with Gasteiger partial charge in [-0.1, -0.05) is 12.1 Å². The number of methoxy groups -OCH3 is 1.